The minimum absolute atomic E-state index is 0.411. The summed E-state index contributed by atoms with van der Waals surface area (Å²) >= 11 is 4.81. The van der Waals surface area contributed by atoms with Crippen molar-refractivity contribution in [2.75, 3.05) is 0 Å². The Labute approximate surface area is 114 Å². The number of hydrogen-bond acceptors (Lipinski definition) is 3. The van der Waals surface area contributed by atoms with Gasteiger partial charge in [0, 0.05) is 10.8 Å². The highest BCUT2D eigenvalue weighted by molar-refractivity contribution is 7.71. The highest BCUT2D eigenvalue weighted by Crippen LogP contribution is 2.21. The molecule has 3 nitrogen and oxygen atoms in total. The third-order valence-electron chi connectivity index (χ3n) is 2.91. The van der Waals surface area contributed by atoms with Crippen molar-refractivity contribution in [2.24, 2.45) is 0 Å². The number of phenols is 1. The number of hydrogen-bond donors (Lipinski definition) is 2. The van der Waals surface area contributed by atoms with Gasteiger partial charge in [0.15, 0.2) is 0 Å². The van der Waals surface area contributed by atoms with Crippen LogP contribution in [0.15, 0.2) is 59.2 Å². The van der Waals surface area contributed by atoms with Crippen molar-refractivity contribution >= 4 is 12.2 Å². The molecule has 0 saturated carbocycles. The summed E-state index contributed by atoms with van der Waals surface area (Å²) in [5.41, 5.74) is 2.00. The molecule has 1 aromatic carbocycles. The van der Waals surface area contributed by atoms with Gasteiger partial charge in [-0.3, -0.25) is 0 Å². The molecule has 0 atom stereocenters. The van der Waals surface area contributed by atoms with Crippen LogP contribution in [0, 0.1) is 15.3 Å². The minimum atomic E-state index is 0.411. The van der Waals surface area contributed by atoms with Gasteiger partial charge in [-0.15, -0.1) is 0 Å². The van der Waals surface area contributed by atoms with Gasteiger partial charge in [0.2, 0.25) is 0 Å². The number of rotatable bonds is 1. The van der Waals surface area contributed by atoms with Gasteiger partial charge in [-0.25, -0.2) is 0 Å². The summed E-state index contributed by atoms with van der Waals surface area (Å²) in [6.45, 7) is 0. The molecule has 0 aliphatic heterocycles. The number of aromatic nitrogens is 1. The van der Waals surface area contributed by atoms with Gasteiger partial charge >= 0.3 is 0 Å². The summed E-state index contributed by atoms with van der Waals surface area (Å²) in [6.07, 6.45) is 1.62. The van der Waals surface area contributed by atoms with E-state index in [-0.39, 0.29) is 0 Å². The maximum absolute atomic E-state index is 8.69. The van der Waals surface area contributed by atoms with Crippen LogP contribution >= 0.6 is 12.2 Å². The van der Waals surface area contributed by atoms with E-state index in [2.05, 4.69) is 4.98 Å². The van der Waals surface area contributed by atoms with Crippen molar-refractivity contribution in [3.63, 3.8) is 0 Å². The highest BCUT2D eigenvalue weighted by atomic mass is 32.1. The molecule has 4 heteroatoms. The number of phenolic OH excluding ortho intramolecular Hbond substituents is 1. The van der Waals surface area contributed by atoms with Gasteiger partial charge in [0.1, 0.15) is 12.0 Å². The molecule has 1 heterocycles. The number of oxazole rings is 1. The smallest absolute Gasteiger partial charge is 0.266 e. The third-order valence-corrected chi connectivity index (χ3v) is 3.11. The first kappa shape index (κ1) is 11.7. The average molecular weight is 269 g/mol. The first-order valence-corrected chi connectivity index (χ1v) is 6.21. The lowest BCUT2D eigenvalue weighted by molar-refractivity contribution is 0.465. The zero-order valence-electron chi connectivity index (χ0n) is 9.96. The second kappa shape index (κ2) is 4.74. The lowest BCUT2D eigenvalue weighted by atomic mass is 10.1. The van der Waals surface area contributed by atoms with E-state index in [4.69, 9.17) is 21.7 Å². The van der Waals surface area contributed by atoms with E-state index in [1.165, 1.54) is 5.22 Å². The standard InChI is InChI=1S/C9H7NOS.C6H4O/c12-9-10-8(6-11-9)7-4-2-1-3-5-7;7-6-3-4-1-2-5(4)6/h1-6H,(H,10,12);1-3,7H. The van der Waals surface area contributed by atoms with Crippen molar-refractivity contribution in [1.29, 1.82) is 0 Å². The molecule has 0 unspecified atom stereocenters. The minimum Gasteiger partial charge on any atom is -0.507 e. The zero-order valence-corrected chi connectivity index (χ0v) is 10.8. The molecule has 4 rings (SSSR count). The molecular formula is C15H11NO2S. The van der Waals surface area contributed by atoms with Gasteiger partial charge in [-0.05, 0) is 23.5 Å². The Balaban J connectivity index is 0.000000132. The monoisotopic (exact) mass is 269 g/mol. The van der Waals surface area contributed by atoms with E-state index in [1.807, 2.05) is 42.5 Å². The van der Waals surface area contributed by atoms with Gasteiger partial charge in [0.25, 0.3) is 4.84 Å². The van der Waals surface area contributed by atoms with Crippen LogP contribution in [-0.4, -0.2) is 10.1 Å². The SMILES string of the molecule is Oc1cc2ccc1=2.S=c1[nH]c(-c2ccccc2)co1. The molecule has 0 amide bonds. The quantitative estimate of drug-likeness (QED) is 0.513. The Kier molecular flexibility index (Phi) is 2.93. The van der Waals surface area contributed by atoms with E-state index in [9.17, 15) is 0 Å². The summed E-state index contributed by atoms with van der Waals surface area (Å²) in [5.74, 6) is 0.442. The zero-order chi connectivity index (χ0) is 13.2. The Hall–Kier alpha value is -2.33. The first-order valence-electron chi connectivity index (χ1n) is 5.80. The summed E-state index contributed by atoms with van der Waals surface area (Å²) in [6, 6.07) is 15.6. The van der Waals surface area contributed by atoms with Crippen LogP contribution in [0.2, 0.25) is 0 Å². The van der Waals surface area contributed by atoms with Gasteiger partial charge < -0.3 is 14.5 Å². The van der Waals surface area contributed by atoms with Crippen LogP contribution in [0.5, 0.6) is 5.75 Å². The number of aromatic amines is 1. The molecule has 2 aliphatic carbocycles. The fourth-order valence-corrected chi connectivity index (χ4v) is 1.97. The molecule has 0 radical (unpaired) electrons. The fourth-order valence-electron chi connectivity index (χ4n) is 1.81. The van der Waals surface area contributed by atoms with Gasteiger partial charge in [0.05, 0.1) is 5.69 Å². The fraction of sp³-hybridized carbons (Fsp3) is 0. The summed E-state index contributed by atoms with van der Waals surface area (Å²) in [4.78, 5) is 3.35. The van der Waals surface area contributed by atoms with Crippen molar-refractivity contribution < 1.29 is 9.52 Å². The topological polar surface area (TPSA) is 49.2 Å². The molecule has 1 aromatic heterocycles. The molecule has 0 spiro atoms. The molecule has 0 fully saturated rings. The molecule has 2 N–H and O–H groups in total. The Bertz CT molecular complexity index is 850. The average Bonchev–Trinajstić information content (AvgIpc) is 2.84. The van der Waals surface area contributed by atoms with Crippen LogP contribution < -0.4 is 0 Å². The van der Waals surface area contributed by atoms with Gasteiger partial charge in [-0.1, -0.05) is 42.5 Å². The largest absolute Gasteiger partial charge is 0.507 e. The van der Waals surface area contributed by atoms with E-state index < -0.39 is 0 Å². The maximum Gasteiger partial charge on any atom is 0.266 e. The van der Waals surface area contributed by atoms with E-state index in [1.54, 1.807) is 12.3 Å². The molecule has 2 aliphatic rings. The number of nitrogens with one attached hydrogen (secondary N) is 1. The maximum atomic E-state index is 8.69. The number of benzene rings is 2. The highest BCUT2D eigenvalue weighted by Gasteiger charge is 2.00. The summed E-state index contributed by atoms with van der Waals surface area (Å²) in [5, 5.41) is 10.9. The van der Waals surface area contributed by atoms with Crippen molar-refractivity contribution in [3.8, 4) is 17.0 Å². The van der Waals surface area contributed by atoms with Crippen molar-refractivity contribution in [1.82, 2.24) is 4.98 Å². The molecule has 0 saturated heterocycles. The molecular weight excluding hydrogens is 258 g/mol. The van der Waals surface area contributed by atoms with E-state index >= 15 is 0 Å². The molecule has 0 bridgehead atoms. The summed E-state index contributed by atoms with van der Waals surface area (Å²) in [7, 11) is 0. The second-order valence-electron chi connectivity index (χ2n) is 4.16. The summed E-state index contributed by atoms with van der Waals surface area (Å²) < 4.78 is 4.98. The van der Waals surface area contributed by atoms with Gasteiger partial charge in [-0.2, -0.15) is 0 Å². The van der Waals surface area contributed by atoms with Crippen LogP contribution in [-0.2, 0) is 0 Å². The predicted octanol–water partition coefficient (Wildman–Crippen LogP) is 4.00. The normalized spacial score (nSPS) is 10.5. The Morgan fingerprint density at radius 1 is 1.05 bits per heavy atom. The Morgan fingerprint density at radius 2 is 1.84 bits per heavy atom. The third kappa shape index (κ3) is 2.30. The van der Waals surface area contributed by atoms with Crippen molar-refractivity contribution in [3.05, 3.63) is 70.1 Å². The predicted molar refractivity (Wildman–Crippen MR) is 75.1 cm³/mol. The van der Waals surface area contributed by atoms with E-state index in [0.717, 1.165) is 16.5 Å². The first-order chi connectivity index (χ1) is 9.24. The molecule has 2 aromatic rings. The lowest BCUT2D eigenvalue weighted by Crippen LogP contribution is -1.83. The van der Waals surface area contributed by atoms with Crippen LogP contribution in [0.3, 0.4) is 0 Å². The van der Waals surface area contributed by atoms with E-state index in [0.29, 0.717) is 10.6 Å². The van der Waals surface area contributed by atoms with Crippen LogP contribution in [0.25, 0.3) is 11.3 Å². The second-order valence-corrected chi connectivity index (χ2v) is 4.53. The molecule has 94 valence electrons. The number of aromatic hydroxyl groups is 1. The van der Waals surface area contributed by atoms with Crippen LogP contribution in [0.4, 0.5) is 0 Å². The number of H-pyrrole nitrogens is 1. The van der Waals surface area contributed by atoms with Crippen molar-refractivity contribution in [2.45, 2.75) is 0 Å². The molecule has 19 heavy (non-hydrogen) atoms. The lowest BCUT2D eigenvalue weighted by Gasteiger charge is -2.02. The Morgan fingerprint density at radius 3 is 2.21 bits per heavy atom. The van der Waals surface area contributed by atoms with Crippen LogP contribution in [0.1, 0.15) is 0 Å².